The van der Waals surface area contributed by atoms with Crippen molar-refractivity contribution in [3.05, 3.63) is 0 Å². The Morgan fingerprint density at radius 1 is 1.10 bits per heavy atom. The predicted molar refractivity (Wildman–Crippen MR) is 80.9 cm³/mol. The number of hydrogen-bond acceptors (Lipinski definition) is 3. The fraction of sp³-hybridized carbons (Fsp3) is 1.00. The zero-order valence-electron chi connectivity index (χ0n) is 13.0. The van der Waals surface area contributed by atoms with Gasteiger partial charge >= 0.3 is 0 Å². The average molecular weight is 281 g/mol. The highest BCUT2D eigenvalue weighted by Crippen LogP contribution is 2.42. The molecule has 3 rings (SSSR count). The molecule has 3 heteroatoms. The van der Waals surface area contributed by atoms with Crippen LogP contribution in [0.2, 0.25) is 0 Å². The Morgan fingerprint density at radius 3 is 2.80 bits per heavy atom. The molecular weight excluding hydrogens is 250 g/mol. The van der Waals surface area contributed by atoms with Gasteiger partial charge in [-0.05, 0) is 44.1 Å². The smallest absolute Gasteiger partial charge is 0.0939 e. The summed E-state index contributed by atoms with van der Waals surface area (Å²) in [6.07, 6.45) is 10.7. The van der Waals surface area contributed by atoms with Crippen LogP contribution in [0, 0.1) is 11.8 Å². The molecule has 116 valence electrons. The molecule has 3 nitrogen and oxygen atoms in total. The van der Waals surface area contributed by atoms with Gasteiger partial charge in [0, 0.05) is 25.7 Å². The highest BCUT2D eigenvalue weighted by Gasteiger charge is 2.44. The van der Waals surface area contributed by atoms with E-state index in [0.29, 0.717) is 0 Å². The molecule has 2 heterocycles. The van der Waals surface area contributed by atoms with Crippen molar-refractivity contribution < 1.29 is 9.47 Å². The molecule has 1 aliphatic carbocycles. The van der Waals surface area contributed by atoms with Gasteiger partial charge in [-0.1, -0.05) is 26.2 Å². The molecule has 1 saturated carbocycles. The van der Waals surface area contributed by atoms with Crippen LogP contribution in [0.25, 0.3) is 0 Å². The molecule has 0 aromatic heterocycles. The number of rotatable bonds is 3. The van der Waals surface area contributed by atoms with Crippen molar-refractivity contribution >= 4 is 0 Å². The third-order valence-electron chi connectivity index (χ3n) is 5.74. The molecule has 0 aromatic rings. The van der Waals surface area contributed by atoms with Crippen molar-refractivity contribution in [3.63, 3.8) is 0 Å². The normalized spacial score (nSPS) is 42.8. The van der Waals surface area contributed by atoms with Crippen molar-refractivity contribution in [2.75, 3.05) is 26.4 Å². The minimum Gasteiger partial charge on any atom is -0.378 e. The summed E-state index contributed by atoms with van der Waals surface area (Å²) in [6, 6.07) is 0.741. The molecule has 3 aliphatic rings. The minimum atomic E-state index is 0.0754. The topological polar surface area (TPSA) is 30.5 Å². The Morgan fingerprint density at radius 2 is 2.00 bits per heavy atom. The first-order valence-electron chi connectivity index (χ1n) is 8.78. The Bertz CT molecular complexity index is 301. The maximum Gasteiger partial charge on any atom is 0.0939 e. The van der Waals surface area contributed by atoms with Crippen LogP contribution in [-0.4, -0.2) is 38.0 Å². The molecule has 2 aliphatic heterocycles. The van der Waals surface area contributed by atoms with E-state index in [1.165, 1.54) is 44.9 Å². The molecule has 0 bridgehead atoms. The van der Waals surface area contributed by atoms with E-state index in [4.69, 9.17) is 9.47 Å². The zero-order valence-corrected chi connectivity index (χ0v) is 13.0. The second kappa shape index (κ2) is 6.76. The van der Waals surface area contributed by atoms with Crippen LogP contribution in [-0.2, 0) is 9.47 Å². The summed E-state index contributed by atoms with van der Waals surface area (Å²) < 4.78 is 11.8. The summed E-state index contributed by atoms with van der Waals surface area (Å²) in [5.74, 6) is 1.70. The third-order valence-corrected chi connectivity index (χ3v) is 5.74. The highest BCUT2D eigenvalue weighted by molar-refractivity contribution is 4.94. The first-order chi connectivity index (χ1) is 9.83. The molecule has 4 atom stereocenters. The van der Waals surface area contributed by atoms with E-state index in [2.05, 4.69) is 12.2 Å². The average Bonchev–Trinajstić information content (AvgIpc) is 2.77. The Labute approximate surface area is 123 Å². The van der Waals surface area contributed by atoms with Crippen LogP contribution in [0.5, 0.6) is 0 Å². The molecule has 3 fully saturated rings. The highest BCUT2D eigenvalue weighted by atomic mass is 16.6. The molecule has 1 spiro atoms. The van der Waals surface area contributed by atoms with E-state index in [9.17, 15) is 0 Å². The lowest BCUT2D eigenvalue weighted by molar-refractivity contribution is -0.109. The van der Waals surface area contributed by atoms with Crippen LogP contribution in [0.1, 0.15) is 58.3 Å². The Hall–Kier alpha value is -0.120. The SMILES string of the molecule is CCNC1CCCCCC1C1CCOC2(CCOC2)C1. The zero-order chi connectivity index (χ0) is 13.8. The second-order valence-electron chi connectivity index (χ2n) is 7.05. The lowest BCUT2D eigenvalue weighted by Crippen LogP contribution is -2.46. The van der Waals surface area contributed by atoms with E-state index in [1.807, 2.05) is 0 Å². The molecular formula is C17H31NO2. The van der Waals surface area contributed by atoms with Crippen LogP contribution < -0.4 is 5.32 Å². The maximum atomic E-state index is 6.13. The second-order valence-corrected chi connectivity index (χ2v) is 7.05. The Balaban J connectivity index is 1.68. The molecule has 4 unspecified atom stereocenters. The van der Waals surface area contributed by atoms with Gasteiger partial charge in [-0.25, -0.2) is 0 Å². The van der Waals surface area contributed by atoms with Gasteiger partial charge in [0.05, 0.1) is 12.2 Å². The van der Waals surface area contributed by atoms with Gasteiger partial charge in [-0.2, -0.15) is 0 Å². The predicted octanol–water partition coefficient (Wildman–Crippen LogP) is 3.13. The first kappa shape index (κ1) is 14.8. The van der Waals surface area contributed by atoms with Gasteiger partial charge in [0.2, 0.25) is 0 Å². The molecule has 2 saturated heterocycles. The van der Waals surface area contributed by atoms with Gasteiger partial charge in [-0.3, -0.25) is 0 Å². The summed E-state index contributed by atoms with van der Waals surface area (Å²) in [4.78, 5) is 0. The maximum absolute atomic E-state index is 6.13. The van der Waals surface area contributed by atoms with Crippen molar-refractivity contribution in [1.29, 1.82) is 0 Å². The summed E-state index contributed by atoms with van der Waals surface area (Å²) in [5.41, 5.74) is 0.0754. The van der Waals surface area contributed by atoms with Crippen LogP contribution in [0.4, 0.5) is 0 Å². The molecule has 20 heavy (non-hydrogen) atoms. The largest absolute Gasteiger partial charge is 0.378 e. The van der Waals surface area contributed by atoms with Crippen molar-refractivity contribution in [1.82, 2.24) is 5.32 Å². The van der Waals surface area contributed by atoms with Crippen LogP contribution >= 0.6 is 0 Å². The number of nitrogens with one attached hydrogen (secondary N) is 1. The van der Waals surface area contributed by atoms with Crippen LogP contribution in [0.15, 0.2) is 0 Å². The summed E-state index contributed by atoms with van der Waals surface area (Å²) in [6.45, 7) is 6.04. The fourth-order valence-electron chi connectivity index (χ4n) is 4.71. The number of hydrogen-bond donors (Lipinski definition) is 1. The van der Waals surface area contributed by atoms with Gasteiger partial charge in [0.25, 0.3) is 0 Å². The monoisotopic (exact) mass is 281 g/mol. The van der Waals surface area contributed by atoms with E-state index in [1.54, 1.807) is 0 Å². The summed E-state index contributed by atoms with van der Waals surface area (Å²) >= 11 is 0. The molecule has 0 amide bonds. The minimum absolute atomic E-state index is 0.0754. The first-order valence-corrected chi connectivity index (χ1v) is 8.78. The lowest BCUT2D eigenvalue weighted by Gasteiger charge is -2.42. The van der Waals surface area contributed by atoms with E-state index < -0.39 is 0 Å². The summed E-state index contributed by atoms with van der Waals surface area (Å²) in [7, 11) is 0. The molecule has 0 radical (unpaired) electrons. The summed E-state index contributed by atoms with van der Waals surface area (Å²) in [5, 5.41) is 3.78. The van der Waals surface area contributed by atoms with E-state index in [-0.39, 0.29) is 5.60 Å². The molecule has 1 N–H and O–H groups in total. The van der Waals surface area contributed by atoms with Gasteiger partial charge in [-0.15, -0.1) is 0 Å². The van der Waals surface area contributed by atoms with E-state index >= 15 is 0 Å². The van der Waals surface area contributed by atoms with Crippen molar-refractivity contribution in [3.8, 4) is 0 Å². The standard InChI is InChI=1S/C17H31NO2/c1-2-18-16-7-5-3-4-6-15(16)14-8-10-20-17(12-14)9-11-19-13-17/h14-16,18H,2-13H2,1H3. The van der Waals surface area contributed by atoms with Crippen LogP contribution in [0.3, 0.4) is 0 Å². The Kier molecular flexibility index (Phi) is 5.00. The van der Waals surface area contributed by atoms with Crippen molar-refractivity contribution in [2.45, 2.75) is 69.9 Å². The van der Waals surface area contributed by atoms with Gasteiger partial charge in [0.15, 0.2) is 0 Å². The number of ether oxygens (including phenoxy) is 2. The van der Waals surface area contributed by atoms with Crippen molar-refractivity contribution in [2.24, 2.45) is 11.8 Å². The third kappa shape index (κ3) is 3.20. The van der Waals surface area contributed by atoms with Gasteiger partial charge < -0.3 is 14.8 Å². The van der Waals surface area contributed by atoms with E-state index in [0.717, 1.165) is 50.7 Å². The van der Waals surface area contributed by atoms with Gasteiger partial charge in [0.1, 0.15) is 0 Å². The quantitative estimate of drug-likeness (QED) is 0.806. The lowest BCUT2D eigenvalue weighted by atomic mass is 9.73. The molecule has 0 aromatic carbocycles. The fourth-order valence-corrected chi connectivity index (χ4v) is 4.71.